The number of aliphatic imine (C=N–C) groups is 1. The second-order valence-corrected chi connectivity index (χ2v) is 8.92. The number of aromatic nitrogens is 1. The molecule has 2 aromatic rings. The Balaban J connectivity index is 2.31. The molecule has 0 bridgehead atoms. The summed E-state index contributed by atoms with van der Waals surface area (Å²) in [6, 6.07) is 1.53. The van der Waals surface area contributed by atoms with Crippen LogP contribution in [-0.2, 0) is 30.4 Å². The number of para-hydroxylation sites is 1. The van der Waals surface area contributed by atoms with Gasteiger partial charge >= 0.3 is 11.9 Å². The van der Waals surface area contributed by atoms with Crippen molar-refractivity contribution in [3.05, 3.63) is 36.0 Å². The minimum atomic E-state index is -1.62. The van der Waals surface area contributed by atoms with Crippen molar-refractivity contribution >= 4 is 46.5 Å². The Kier molecular flexibility index (Phi) is 11.8. The van der Waals surface area contributed by atoms with Gasteiger partial charge in [0.15, 0.2) is 5.96 Å². The number of aliphatic carboxylic acids is 2. The molecule has 1 heterocycles. The van der Waals surface area contributed by atoms with Gasteiger partial charge in [0.1, 0.15) is 18.1 Å². The monoisotopic (exact) mass is 562 g/mol. The zero-order chi connectivity index (χ0) is 29.8. The van der Waals surface area contributed by atoms with E-state index in [0.29, 0.717) is 5.56 Å². The van der Waals surface area contributed by atoms with Crippen molar-refractivity contribution in [3.63, 3.8) is 0 Å². The zero-order valence-electron chi connectivity index (χ0n) is 21.5. The zero-order valence-corrected chi connectivity index (χ0v) is 21.5. The number of nitrogens with two attached hydrogens (primary N) is 3. The van der Waals surface area contributed by atoms with Gasteiger partial charge in [-0.15, -0.1) is 0 Å². The highest BCUT2D eigenvalue weighted by molar-refractivity contribution is 5.95. The first-order chi connectivity index (χ1) is 18.9. The number of benzene rings is 1. The SMILES string of the molecule is NC(N)=NCCCC(NC(=O)C(Cc1c[nH]c2ccccc12)NC(=O)C(N)CC(=O)O)C(=O)NC(CO)C(=O)O. The van der Waals surface area contributed by atoms with Gasteiger partial charge in [0.05, 0.1) is 19.1 Å². The number of nitrogens with zero attached hydrogens (tertiary/aromatic N) is 1. The number of nitrogens with one attached hydrogen (secondary N) is 4. The summed E-state index contributed by atoms with van der Waals surface area (Å²) in [4.78, 5) is 68.1. The quantitative estimate of drug-likeness (QED) is 0.0562. The molecule has 2 rings (SSSR count). The van der Waals surface area contributed by atoms with Crippen molar-refractivity contribution in [1.82, 2.24) is 20.9 Å². The molecule has 0 radical (unpaired) electrons. The van der Waals surface area contributed by atoms with E-state index in [4.69, 9.17) is 22.3 Å². The summed E-state index contributed by atoms with van der Waals surface area (Å²) in [5.41, 5.74) is 17.7. The van der Waals surface area contributed by atoms with Crippen molar-refractivity contribution in [1.29, 1.82) is 0 Å². The van der Waals surface area contributed by atoms with Gasteiger partial charge in [0.25, 0.3) is 0 Å². The Morgan fingerprint density at radius 1 is 0.925 bits per heavy atom. The molecule has 16 heteroatoms. The maximum Gasteiger partial charge on any atom is 0.328 e. The van der Waals surface area contributed by atoms with Gasteiger partial charge < -0.3 is 53.5 Å². The number of aromatic amines is 1. The number of aliphatic hydroxyl groups is 1. The Morgan fingerprint density at radius 3 is 2.17 bits per heavy atom. The van der Waals surface area contributed by atoms with Crippen LogP contribution in [0.5, 0.6) is 0 Å². The second-order valence-electron chi connectivity index (χ2n) is 8.92. The highest BCUT2D eigenvalue weighted by atomic mass is 16.4. The third-order valence-electron chi connectivity index (χ3n) is 5.84. The number of hydrogen-bond acceptors (Lipinski definition) is 8. The molecule has 3 amide bonds. The molecule has 0 saturated heterocycles. The third-order valence-corrected chi connectivity index (χ3v) is 5.84. The lowest BCUT2D eigenvalue weighted by atomic mass is 10.0. The lowest BCUT2D eigenvalue weighted by molar-refractivity contribution is -0.143. The third kappa shape index (κ3) is 9.55. The average Bonchev–Trinajstić information content (AvgIpc) is 3.30. The van der Waals surface area contributed by atoms with Crippen molar-refractivity contribution in [2.45, 2.75) is 49.9 Å². The molecule has 0 aliphatic heterocycles. The van der Waals surface area contributed by atoms with Crippen LogP contribution in [0.15, 0.2) is 35.5 Å². The van der Waals surface area contributed by atoms with Crippen LogP contribution < -0.4 is 33.2 Å². The summed E-state index contributed by atoms with van der Waals surface area (Å²) >= 11 is 0. The van der Waals surface area contributed by atoms with Crippen molar-refractivity contribution < 1.29 is 39.3 Å². The van der Waals surface area contributed by atoms with E-state index in [9.17, 15) is 34.2 Å². The number of rotatable bonds is 16. The highest BCUT2D eigenvalue weighted by Crippen LogP contribution is 2.19. The molecule has 0 aliphatic carbocycles. The number of amides is 3. The van der Waals surface area contributed by atoms with Crippen LogP contribution in [-0.4, -0.2) is 93.2 Å². The lowest BCUT2D eigenvalue weighted by Crippen LogP contribution is -2.58. The number of carboxylic acids is 2. The summed E-state index contributed by atoms with van der Waals surface area (Å²) in [7, 11) is 0. The van der Waals surface area contributed by atoms with Crippen molar-refractivity contribution in [2.24, 2.45) is 22.2 Å². The summed E-state index contributed by atoms with van der Waals surface area (Å²) in [5.74, 6) is -5.61. The van der Waals surface area contributed by atoms with Crippen LogP contribution in [0.3, 0.4) is 0 Å². The maximum absolute atomic E-state index is 13.4. The number of carboxylic acid groups (broad SMARTS) is 2. The standard InChI is InChI=1S/C24H34N8O8/c25-14(9-19(34)35)20(36)31-17(8-12-10-29-15-5-2-1-4-13(12)15)22(38)30-16(6-3-7-28-24(26)27)21(37)32-18(11-33)23(39)40/h1-2,4-5,10,14,16-18,29,33H,3,6-9,11,25H2,(H,30,38)(H,31,36)(H,32,37)(H,34,35)(H,39,40)(H4,26,27,28). The van der Waals surface area contributed by atoms with Gasteiger partial charge in [-0.2, -0.15) is 0 Å². The Hall–Kier alpha value is -4.70. The molecule has 0 aliphatic rings. The molecule has 40 heavy (non-hydrogen) atoms. The van der Waals surface area contributed by atoms with Crippen LogP contribution in [0.1, 0.15) is 24.8 Å². The topological polar surface area (TPSA) is 288 Å². The summed E-state index contributed by atoms with van der Waals surface area (Å²) in [6.07, 6.45) is 1.08. The molecule has 4 unspecified atom stereocenters. The number of H-pyrrole nitrogens is 1. The van der Waals surface area contributed by atoms with Crippen molar-refractivity contribution in [2.75, 3.05) is 13.2 Å². The first-order valence-corrected chi connectivity index (χ1v) is 12.3. The Labute approximate surface area is 228 Å². The molecule has 0 spiro atoms. The van der Waals surface area contributed by atoms with Crippen LogP contribution in [0.25, 0.3) is 10.9 Å². The van der Waals surface area contributed by atoms with Gasteiger partial charge in [-0.05, 0) is 24.5 Å². The van der Waals surface area contributed by atoms with Crippen molar-refractivity contribution in [3.8, 4) is 0 Å². The summed E-state index contributed by atoms with van der Waals surface area (Å²) < 4.78 is 0. The number of aliphatic hydroxyl groups excluding tert-OH is 1. The predicted molar refractivity (Wildman–Crippen MR) is 143 cm³/mol. The minimum Gasteiger partial charge on any atom is -0.481 e. The van der Waals surface area contributed by atoms with E-state index in [-0.39, 0.29) is 31.8 Å². The van der Waals surface area contributed by atoms with E-state index in [2.05, 4.69) is 25.9 Å². The number of fused-ring (bicyclic) bond motifs is 1. The van der Waals surface area contributed by atoms with Crippen LogP contribution in [0.2, 0.25) is 0 Å². The molecular weight excluding hydrogens is 528 g/mol. The fourth-order valence-electron chi connectivity index (χ4n) is 3.79. The smallest absolute Gasteiger partial charge is 0.328 e. The van der Waals surface area contributed by atoms with Gasteiger partial charge in [-0.1, -0.05) is 18.2 Å². The van der Waals surface area contributed by atoms with Gasteiger partial charge in [-0.25, -0.2) is 4.79 Å². The lowest BCUT2D eigenvalue weighted by Gasteiger charge is -2.25. The predicted octanol–water partition coefficient (Wildman–Crippen LogP) is -2.90. The normalized spacial score (nSPS) is 13.8. The van der Waals surface area contributed by atoms with Gasteiger partial charge in [-0.3, -0.25) is 24.2 Å². The fraction of sp³-hybridized carbons (Fsp3) is 0.417. The number of carbonyl (C=O) groups excluding carboxylic acids is 3. The Morgan fingerprint density at radius 2 is 1.55 bits per heavy atom. The molecule has 218 valence electrons. The molecule has 1 aromatic carbocycles. The van der Waals surface area contributed by atoms with E-state index < -0.39 is 66.9 Å². The summed E-state index contributed by atoms with van der Waals surface area (Å²) in [6.45, 7) is -0.791. The molecule has 0 fully saturated rings. The van der Waals surface area contributed by atoms with E-state index in [1.807, 2.05) is 12.1 Å². The average molecular weight is 563 g/mol. The van der Waals surface area contributed by atoms with Gasteiger partial charge in [0.2, 0.25) is 17.7 Å². The minimum absolute atomic E-state index is 0.0294. The Bertz CT molecular complexity index is 1240. The largest absolute Gasteiger partial charge is 0.481 e. The number of guanidine groups is 1. The van der Waals surface area contributed by atoms with Crippen LogP contribution in [0.4, 0.5) is 0 Å². The molecule has 1 aromatic heterocycles. The molecular formula is C24H34N8O8. The number of carbonyl (C=O) groups is 5. The number of hydrogen-bond donors (Lipinski definition) is 10. The molecule has 4 atom stereocenters. The first-order valence-electron chi connectivity index (χ1n) is 12.3. The fourth-order valence-corrected chi connectivity index (χ4v) is 3.79. The van der Waals surface area contributed by atoms with E-state index in [1.54, 1.807) is 18.3 Å². The van der Waals surface area contributed by atoms with E-state index >= 15 is 0 Å². The van der Waals surface area contributed by atoms with Crippen LogP contribution >= 0.6 is 0 Å². The molecule has 16 nitrogen and oxygen atoms in total. The van der Waals surface area contributed by atoms with E-state index in [0.717, 1.165) is 10.9 Å². The second kappa shape index (κ2) is 15.0. The highest BCUT2D eigenvalue weighted by Gasteiger charge is 2.31. The first kappa shape index (κ1) is 31.5. The summed E-state index contributed by atoms with van der Waals surface area (Å²) in [5, 5.41) is 35.3. The van der Waals surface area contributed by atoms with Crippen LogP contribution in [0, 0.1) is 0 Å². The molecule has 0 saturated carbocycles. The van der Waals surface area contributed by atoms with Gasteiger partial charge in [0, 0.05) is 30.1 Å². The van der Waals surface area contributed by atoms with E-state index in [1.165, 1.54) is 0 Å². The maximum atomic E-state index is 13.4. The molecule has 13 N–H and O–H groups in total.